The molecule has 0 spiro atoms. The average molecular weight is 344 g/mol. The molecular formula is C12H14BrN3O4. The lowest BCUT2D eigenvalue weighted by atomic mass is 10.2. The molecule has 0 aliphatic heterocycles. The third-order valence-corrected chi connectivity index (χ3v) is 2.94. The van der Waals surface area contributed by atoms with Gasteiger partial charge < -0.3 is 21.1 Å². The van der Waals surface area contributed by atoms with Gasteiger partial charge in [-0.3, -0.25) is 4.79 Å². The molecule has 4 N–H and O–H groups in total. The average Bonchev–Trinajstić information content (AvgIpc) is 2.39. The summed E-state index contributed by atoms with van der Waals surface area (Å²) in [5.74, 6) is -1.40. The number of urea groups is 1. The van der Waals surface area contributed by atoms with Gasteiger partial charge in [-0.05, 0) is 41.1 Å². The molecule has 0 saturated heterocycles. The van der Waals surface area contributed by atoms with Gasteiger partial charge in [0.2, 0.25) is 5.91 Å². The minimum atomic E-state index is -1.09. The van der Waals surface area contributed by atoms with Crippen LogP contribution in [-0.4, -0.2) is 36.1 Å². The standard InChI is InChI=1S/C12H14BrN3O4/c1-2-14-10(17)6-15-12(20)16-9-5-7(11(18)19)3-4-8(9)13/h3-5H,2,6H2,1H3,(H,14,17)(H,18,19)(H2,15,16,20). The molecule has 1 aromatic rings. The highest BCUT2D eigenvalue weighted by Crippen LogP contribution is 2.23. The number of carboxylic acid groups (broad SMARTS) is 1. The predicted molar refractivity (Wildman–Crippen MR) is 76.8 cm³/mol. The van der Waals surface area contributed by atoms with Crippen LogP contribution in [0.3, 0.4) is 0 Å². The molecular weight excluding hydrogens is 330 g/mol. The van der Waals surface area contributed by atoms with Gasteiger partial charge in [-0.25, -0.2) is 9.59 Å². The lowest BCUT2D eigenvalue weighted by Crippen LogP contribution is -2.38. The Bertz CT molecular complexity index is 533. The number of benzene rings is 1. The molecule has 1 rings (SSSR count). The molecule has 0 atom stereocenters. The zero-order valence-electron chi connectivity index (χ0n) is 10.7. The molecule has 3 amide bonds. The summed E-state index contributed by atoms with van der Waals surface area (Å²) in [6.45, 7) is 2.09. The highest BCUT2D eigenvalue weighted by atomic mass is 79.9. The minimum Gasteiger partial charge on any atom is -0.478 e. The normalized spacial score (nSPS) is 9.70. The first-order valence-electron chi connectivity index (χ1n) is 5.78. The van der Waals surface area contributed by atoms with E-state index < -0.39 is 12.0 Å². The van der Waals surface area contributed by atoms with E-state index in [1.165, 1.54) is 18.2 Å². The fraction of sp³-hybridized carbons (Fsp3) is 0.250. The lowest BCUT2D eigenvalue weighted by Gasteiger charge is -2.09. The number of hydrogen-bond acceptors (Lipinski definition) is 3. The third-order valence-electron chi connectivity index (χ3n) is 2.24. The fourth-order valence-electron chi connectivity index (χ4n) is 1.34. The Labute approximate surface area is 123 Å². The van der Waals surface area contributed by atoms with Crippen LogP contribution in [0.1, 0.15) is 17.3 Å². The van der Waals surface area contributed by atoms with Gasteiger partial charge in [0.15, 0.2) is 0 Å². The lowest BCUT2D eigenvalue weighted by molar-refractivity contribution is -0.119. The van der Waals surface area contributed by atoms with Crippen LogP contribution in [0.4, 0.5) is 10.5 Å². The van der Waals surface area contributed by atoms with Crippen molar-refractivity contribution in [1.29, 1.82) is 0 Å². The molecule has 20 heavy (non-hydrogen) atoms. The Morgan fingerprint density at radius 2 is 1.95 bits per heavy atom. The number of amides is 3. The van der Waals surface area contributed by atoms with Crippen molar-refractivity contribution in [3.05, 3.63) is 28.2 Å². The summed E-state index contributed by atoms with van der Waals surface area (Å²) < 4.78 is 0.538. The van der Waals surface area contributed by atoms with Crippen molar-refractivity contribution in [2.75, 3.05) is 18.4 Å². The summed E-state index contributed by atoms with van der Waals surface area (Å²) in [5, 5.41) is 16.2. The van der Waals surface area contributed by atoms with Gasteiger partial charge in [-0.1, -0.05) is 0 Å². The first kappa shape index (κ1) is 16.0. The number of halogens is 1. The van der Waals surface area contributed by atoms with E-state index in [4.69, 9.17) is 5.11 Å². The minimum absolute atomic E-state index is 0.0484. The predicted octanol–water partition coefficient (Wildman–Crippen LogP) is 1.40. The number of anilines is 1. The quantitative estimate of drug-likeness (QED) is 0.648. The van der Waals surface area contributed by atoms with Crippen LogP contribution in [0.15, 0.2) is 22.7 Å². The van der Waals surface area contributed by atoms with E-state index in [-0.39, 0.29) is 18.0 Å². The Morgan fingerprint density at radius 1 is 1.25 bits per heavy atom. The summed E-state index contributed by atoms with van der Waals surface area (Å²) >= 11 is 3.20. The second-order valence-electron chi connectivity index (χ2n) is 3.76. The van der Waals surface area contributed by atoms with Crippen molar-refractivity contribution in [3.63, 3.8) is 0 Å². The van der Waals surface area contributed by atoms with Crippen molar-refractivity contribution in [3.8, 4) is 0 Å². The van der Waals surface area contributed by atoms with Gasteiger partial charge in [-0.2, -0.15) is 0 Å². The number of carboxylic acids is 1. The number of aromatic carboxylic acids is 1. The smallest absolute Gasteiger partial charge is 0.335 e. The molecule has 0 aliphatic rings. The summed E-state index contributed by atoms with van der Waals surface area (Å²) in [6, 6.07) is 3.64. The van der Waals surface area contributed by atoms with Gasteiger partial charge in [0, 0.05) is 11.0 Å². The van der Waals surface area contributed by atoms with E-state index >= 15 is 0 Å². The van der Waals surface area contributed by atoms with Crippen LogP contribution in [0.25, 0.3) is 0 Å². The molecule has 1 aromatic carbocycles. The van der Waals surface area contributed by atoms with Gasteiger partial charge in [0.1, 0.15) is 0 Å². The van der Waals surface area contributed by atoms with Crippen LogP contribution in [0.5, 0.6) is 0 Å². The maximum Gasteiger partial charge on any atom is 0.335 e. The van der Waals surface area contributed by atoms with Gasteiger partial charge in [0.25, 0.3) is 0 Å². The number of carbonyl (C=O) groups is 3. The molecule has 0 unspecified atom stereocenters. The Kier molecular flexibility index (Phi) is 5.98. The van der Waals surface area contributed by atoms with Crippen LogP contribution in [-0.2, 0) is 4.79 Å². The van der Waals surface area contributed by atoms with E-state index in [1.54, 1.807) is 6.92 Å². The highest BCUT2D eigenvalue weighted by Gasteiger charge is 2.10. The van der Waals surface area contributed by atoms with Crippen molar-refractivity contribution < 1.29 is 19.5 Å². The molecule has 0 bridgehead atoms. The molecule has 0 aliphatic carbocycles. The first-order valence-corrected chi connectivity index (χ1v) is 6.57. The van der Waals surface area contributed by atoms with Crippen LogP contribution in [0.2, 0.25) is 0 Å². The largest absolute Gasteiger partial charge is 0.478 e. The maximum absolute atomic E-state index is 11.6. The Hall–Kier alpha value is -2.09. The summed E-state index contributed by atoms with van der Waals surface area (Å²) in [6.07, 6.45) is 0. The topological polar surface area (TPSA) is 108 Å². The van der Waals surface area contributed by atoms with Gasteiger partial charge in [0.05, 0.1) is 17.8 Å². The molecule has 0 radical (unpaired) electrons. The summed E-state index contributed by atoms with van der Waals surface area (Å²) in [7, 11) is 0. The molecule has 108 valence electrons. The number of carbonyl (C=O) groups excluding carboxylic acids is 2. The zero-order chi connectivity index (χ0) is 15.1. The SMILES string of the molecule is CCNC(=O)CNC(=O)Nc1cc(C(=O)O)ccc1Br. The van der Waals surface area contributed by atoms with Crippen molar-refractivity contribution in [2.45, 2.75) is 6.92 Å². The molecule has 8 heteroatoms. The maximum atomic E-state index is 11.6. The van der Waals surface area contributed by atoms with E-state index in [9.17, 15) is 14.4 Å². The van der Waals surface area contributed by atoms with Crippen LogP contribution in [0, 0.1) is 0 Å². The molecule has 0 saturated carbocycles. The zero-order valence-corrected chi connectivity index (χ0v) is 12.3. The molecule has 0 heterocycles. The van der Waals surface area contributed by atoms with Gasteiger partial charge in [-0.15, -0.1) is 0 Å². The number of rotatable bonds is 5. The van der Waals surface area contributed by atoms with Crippen molar-refractivity contribution >= 4 is 39.5 Å². The highest BCUT2D eigenvalue weighted by molar-refractivity contribution is 9.10. The van der Waals surface area contributed by atoms with E-state index in [0.29, 0.717) is 16.7 Å². The molecule has 0 aromatic heterocycles. The Morgan fingerprint density at radius 3 is 2.55 bits per heavy atom. The second kappa shape index (κ2) is 7.49. The second-order valence-corrected chi connectivity index (χ2v) is 4.62. The van der Waals surface area contributed by atoms with E-state index in [2.05, 4.69) is 31.9 Å². The molecule has 7 nitrogen and oxygen atoms in total. The number of likely N-dealkylation sites (N-methyl/N-ethyl adjacent to an activating group) is 1. The Balaban J connectivity index is 2.63. The van der Waals surface area contributed by atoms with Crippen molar-refractivity contribution in [2.24, 2.45) is 0 Å². The first-order chi connectivity index (χ1) is 9.43. The summed E-state index contributed by atoms with van der Waals surface area (Å²) in [5.41, 5.74) is 0.352. The van der Waals surface area contributed by atoms with Crippen LogP contribution >= 0.6 is 15.9 Å². The monoisotopic (exact) mass is 343 g/mol. The summed E-state index contributed by atoms with van der Waals surface area (Å²) in [4.78, 5) is 33.6. The number of nitrogens with one attached hydrogen (secondary N) is 3. The van der Waals surface area contributed by atoms with E-state index in [0.717, 1.165) is 0 Å². The van der Waals surface area contributed by atoms with Gasteiger partial charge >= 0.3 is 12.0 Å². The number of hydrogen-bond donors (Lipinski definition) is 4. The third kappa shape index (κ3) is 4.88. The van der Waals surface area contributed by atoms with Crippen LogP contribution < -0.4 is 16.0 Å². The van der Waals surface area contributed by atoms with E-state index in [1.807, 2.05) is 0 Å². The van der Waals surface area contributed by atoms with Crippen molar-refractivity contribution in [1.82, 2.24) is 10.6 Å². The fourth-order valence-corrected chi connectivity index (χ4v) is 1.69. The molecule has 0 fully saturated rings.